The second-order valence-electron chi connectivity index (χ2n) is 3.82. The Bertz CT molecular complexity index is 488. The molecule has 0 saturated carbocycles. The highest BCUT2D eigenvalue weighted by atomic mass is 19.1. The maximum Gasteiger partial charge on any atom is 0.270 e. The summed E-state index contributed by atoms with van der Waals surface area (Å²) >= 11 is 0. The molecule has 0 bridgehead atoms. The molecule has 96 valence electrons. The van der Waals surface area contributed by atoms with Crippen LogP contribution in [0.4, 0.5) is 10.1 Å². The molecule has 0 aliphatic rings. The number of nitrogens with zero attached hydrogens (tertiary/aromatic N) is 1. The molecule has 1 N–H and O–H groups in total. The Kier molecular flexibility index (Phi) is 4.53. The fourth-order valence-corrected chi connectivity index (χ4v) is 1.41. The molecule has 6 heteroatoms. The summed E-state index contributed by atoms with van der Waals surface area (Å²) in [5.41, 5.74) is -0.655. The summed E-state index contributed by atoms with van der Waals surface area (Å²) in [4.78, 5) is 21.6. The number of nitro benzene ring substituents is 1. The Hall–Kier alpha value is -2.24. The molecule has 0 saturated heterocycles. The highest BCUT2D eigenvalue weighted by molar-refractivity contribution is 5.95. The number of hydrogen-bond donors (Lipinski definition) is 1. The van der Waals surface area contributed by atoms with Crippen molar-refractivity contribution in [2.45, 2.75) is 19.4 Å². The van der Waals surface area contributed by atoms with Crippen LogP contribution in [0.15, 0.2) is 30.9 Å². The molecule has 1 atom stereocenters. The number of nitrogens with one attached hydrogen (secondary N) is 1. The van der Waals surface area contributed by atoms with Gasteiger partial charge in [0.15, 0.2) is 0 Å². The van der Waals surface area contributed by atoms with E-state index < -0.39 is 16.6 Å². The van der Waals surface area contributed by atoms with Gasteiger partial charge in [0.25, 0.3) is 11.6 Å². The summed E-state index contributed by atoms with van der Waals surface area (Å²) in [6.45, 7) is 5.25. The second-order valence-corrected chi connectivity index (χ2v) is 3.82. The van der Waals surface area contributed by atoms with Crippen LogP contribution in [0.5, 0.6) is 0 Å². The molecular formula is C12H13FN2O3. The third-order valence-corrected chi connectivity index (χ3v) is 2.30. The van der Waals surface area contributed by atoms with Crippen molar-refractivity contribution < 1.29 is 14.1 Å². The molecule has 1 rings (SSSR count). The Labute approximate surface area is 103 Å². The molecule has 0 spiro atoms. The summed E-state index contributed by atoms with van der Waals surface area (Å²) in [5.74, 6) is -1.46. The van der Waals surface area contributed by atoms with Crippen molar-refractivity contribution in [2.75, 3.05) is 0 Å². The van der Waals surface area contributed by atoms with Crippen molar-refractivity contribution in [3.8, 4) is 0 Å². The maximum atomic E-state index is 13.4. The van der Waals surface area contributed by atoms with E-state index in [9.17, 15) is 19.3 Å². The van der Waals surface area contributed by atoms with Crippen LogP contribution in [0, 0.1) is 15.9 Å². The van der Waals surface area contributed by atoms with E-state index >= 15 is 0 Å². The predicted octanol–water partition coefficient (Wildman–Crippen LogP) is 2.43. The Morgan fingerprint density at radius 3 is 2.89 bits per heavy atom. The Morgan fingerprint density at radius 1 is 1.67 bits per heavy atom. The van der Waals surface area contributed by atoms with Gasteiger partial charge in [-0.3, -0.25) is 14.9 Å². The number of benzene rings is 1. The molecule has 5 nitrogen and oxygen atoms in total. The number of amides is 1. The van der Waals surface area contributed by atoms with Gasteiger partial charge in [0.2, 0.25) is 0 Å². The smallest absolute Gasteiger partial charge is 0.270 e. The van der Waals surface area contributed by atoms with Gasteiger partial charge in [-0.1, -0.05) is 6.08 Å². The standard InChI is InChI=1S/C12H13FN2O3/c1-3-4-8(2)14-12(16)10-7-9(15(17)18)5-6-11(10)13/h3,5-8H,1,4H2,2H3,(H,14,16). The molecule has 0 aliphatic heterocycles. The lowest BCUT2D eigenvalue weighted by molar-refractivity contribution is -0.384. The molecule has 0 radical (unpaired) electrons. The van der Waals surface area contributed by atoms with Crippen molar-refractivity contribution in [2.24, 2.45) is 0 Å². The van der Waals surface area contributed by atoms with Gasteiger partial charge in [-0.15, -0.1) is 6.58 Å². The quantitative estimate of drug-likeness (QED) is 0.497. The van der Waals surface area contributed by atoms with Crippen LogP contribution in [0.1, 0.15) is 23.7 Å². The fourth-order valence-electron chi connectivity index (χ4n) is 1.41. The third kappa shape index (κ3) is 3.38. The van der Waals surface area contributed by atoms with Gasteiger partial charge in [-0.25, -0.2) is 4.39 Å². The number of carbonyl (C=O) groups excluding carboxylic acids is 1. The lowest BCUT2D eigenvalue weighted by atomic mass is 10.1. The van der Waals surface area contributed by atoms with E-state index in [1.807, 2.05) is 0 Å². The first kappa shape index (κ1) is 13.8. The van der Waals surface area contributed by atoms with E-state index in [0.29, 0.717) is 6.42 Å². The number of nitro groups is 1. The van der Waals surface area contributed by atoms with Gasteiger partial charge in [0.1, 0.15) is 5.82 Å². The molecule has 18 heavy (non-hydrogen) atoms. The monoisotopic (exact) mass is 252 g/mol. The van der Waals surface area contributed by atoms with Crippen molar-refractivity contribution in [1.82, 2.24) is 5.32 Å². The van der Waals surface area contributed by atoms with Crippen molar-refractivity contribution >= 4 is 11.6 Å². The van der Waals surface area contributed by atoms with Crippen LogP contribution in [-0.4, -0.2) is 16.9 Å². The van der Waals surface area contributed by atoms with E-state index in [1.54, 1.807) is 13.0 Å². The zero-order chi connectivity index (χ0) is 13.7. The van der Waals surface area contributed by atoms with Gasteiger partial charge >= 0.3 is 0 Å². The first-order chi connectivity index (χ1) is 8.45. The van der Waals surface area contributed by atoms with Gasteiger partial charge in [-0.05, 0) is 19.4 Å². The molecule has 0 heterocycles. The number of halogens is 1. The first-order valence-corrected chi connectivity index (χ1v) is 5.31. The van der Waals surface area contributed by atoms with E-state index in [-0.39, 0.29) is 17.3 Å². The van der Waals surface area contributed by atoms with E-state index in [4.69, 9.17) is 0 Å². The molecule has 1 amide bonds. The van der Waals surface area contributed by atoms with Crippen LogP contribution >= 0.6 is 0 Å². The van der Waals surface area contributed by atoms with Gasteiger partial charge < -0.3 is 5.32 Å². The topological polar surface area (TPSA) is 72.2 Å². The minimum atomic E-state index is -0.788. The van der Waals surface area contributed by atoms with Gasteiger partial charge in [-0.2, -0.15) is 0 Å². The number of carbonyl (C=O) groups is 1. The van der Waals surface area contributed by atoms with Crippen LogP contribution in [0.3, 0.4) is 0 Å². The number of hydrogen-bond acceptors (Lipinski definition) is 3. The fraction of sp³-hybridized carbons (Fsp3) is 0.250. The van der Waals surface area contributed by atoms with Crippen LogP contribution in [-0.2, 0) is 0 Å². The summed E-state index contributed by atoms with van der Waals surface area (Å²) in [6.07, 6.45) is 2.15. The lowest BCUT2D eigenvalue weighted by Crippen LogP contribution is -2.32. The molecule has 1 aromatic carbocycles. The predicted molar refractivity (Wildman–Crippen MR) is 64.8 cm³/mol. The minimum absolute atomic E-state index is 0.214. The Morgan fingerprint density at radius 2 is 2.33 bits per heavy atom. The zero-order valence-corrected chi connectivity index (χ0v) is 9.85. The number of rotatable bonds is 5. The van der Waals surface area contributed by atoms with Crippen molar-refractivity contribution in [1.29, 1.82) is 0 Å². The van der Waals surface area contributed by atoms with Crippen molar-refractivity contribution in [3.63, 3.8) is 0 Å². The summed E-state index contributed by atoms with van der Waals surface area (Å²) in [5, 5.41) is 13.1. The second kappa shape index (κ2) is 5.90. The van der Waals surface area contributed by atoms with Gasteiger partial charge in [0.05, 0.1) is 10.5 Å². The van der Waals surface area contributed by atoms with Crippen molar-refractivity contribution in [3.05, 3.63) is 52.3 Å². The van der Waals surface area contributed by atoms with Crippen LogP contribution in [0.25, 0.3) is 0 Å². The summed E-state index contributed by atoms with van der Waals surface area (Å²) < 4.78 is 13.4. The summed E-state index contributed by atoms with van der Waals surface area (Å²) in [7, 11) is 0. The molecule has 0 aliphatic carbocycles. The number of non-ortho nitro benzene ring substituents is 1. The SMILES string of the molecule is C=CCC(C)NC(=O)c1cc([N+](=O)[O-])ccc1F. The van der Waals surface area contributed by atoms with Crippen LogP contribution in [0.2, 0.25) is 0 Å². The highest BCUT2D eigenvalue weighted by Crippen LogP contribution is 2.16. The lowest BCUT2D eigenvalue weighted by Gasteiger charge is -2.11. The average Bonchev–Trinajstić information content (AvgIpc) is 2.29. The zero-order valence-electron chi connectivity index (χ0n) is 9.85. The molecule has 0 aromatic heterocycles. The minimum Gasteiger partial charge on any atom is -0.349 e. The summed E-state index contributed by atoms with van der Waals surface area (Å²) in [6, 6.07) is 2.63. The van der Waals surface area contributed by atoms with Crippen LogP contribution < -0.4 is 5.32 Å². The van der Waals surface area contributed by atoms with E-state index in [2.05, 4.69) is 11.9 Å². The molecule has 1 unspecified atom stereocenters. The van der Waals surface area contributed by atoms with Gasteiger partial charge in [0, 0.05) is 18.2 Å². The largest absolute Gasteiger partial charge is 0.349 e. The first-order valence-electron chi connectivity index (χ1n) is 5.31. The highest BCUT2D eigenvalue weighted by Gasteiger charge is 2.17. The molecule has 0 fully saturated rings. The Balaban J connectivity index is 2.94. The van der Waals surface area contributed by atoms with E-state index in [0.717, 1.165) is 18.2 Å². The average molecular weight is 252 g/mol. The normalized spacial score (nSPS) is 11.7. The third-order valence-electron chi connectivity index (χ3n) is 2.30. The molecule has 1 aromatic rings. The maximum absolute atomic E-state index is 13.4. The molecular weight excluding hydrogens is 239 g/mol. The van der Waals surface area contributed by atoms with E-state index in [1.165, 1.54) is 0 Å².